The topological polar surface area (TPSA) is 126 Å². The number of hydrogen-bond donors (Lipinski definition) is 4. The minimum Gasteiger partial charge on any atom is -0.508 e. The van der Waals surface area contributed by atoms with E-state index in [1.807, 2.05) is 24.3 Å². The van der Waals surface area contributed by atoms with Crippen LogP contribution in [0.4, 0.5) is 11.8 Å². The number of phenols is 1. The second kappa shape index (κ2) is 9.25. The van der Waals surface area contributed by atoms with Crippen molar-refractivity contribution in [2.45, 2.75) is 25.3 Å². The summed E-state index contributed by atoms with van der Waals surface area (Å²) in [6, 6.07) is 11.2. The number of pyridine rings is 1. The van der Waals surface area contributed by atoms with Crippen LogP contribution in [0, 0.1) is 0 Å². The van der Waals surface area contributed by atoms with Crippen LogP contribution >= 0.6 is 0 Å². The number of rotatable bonds is 8. The lowest BCUT2D eigenvalue weighted by Crippen LogP contribution is -2.23. The Morgan fingerprint density at radius 3 is 2.87 bits per heavy atom. The van der Waals surface area contributed by atoms with Gasteiger partial charge < -0.3 is 21.5 Å². The Morgan fingerprint density at radius 1 is 1.23 bits per heavy atom. The third kappa shape index (κ3) is 5.57. The third-order valence-electron chi connectivity index (χ3n) is 4.89. The zero-order valence-electron chi connectivity index (χ0n) is 17.0. The highest BCUT2D eigenvalue weighted by atomic mass is 16.3. The molecule has 1 aliphatic carbocycles. The first-order valence-corrected chi connectivity index (χ1v) is 10.2. The Bertz CT molecular complexity index is 1100. The minimum absolute atomic E-state index is 0.145. The third-order valence-corrected chi connectivity index (χ3v) is 4.89. The van der Waals surface area contributed by atoms with Gasteiger partial charge in [-0.2, -0.15) is 4.98 Å². The number of nitrogen functional groups attached to an aromatic ring is 1. The molecule has 158 valence electrons. The van der Waals surface area contributed by atoms with Crippen LogP contribution in [-0.4, -0.2) is 38.6 Å². The van der Waals surface area contributed by atoms with Gasteiger partial charge >= 0.3 is 0 Å². The van der Waals surface area contributed by atoms with Gasteiger partial charge in [-0.05, 0) is 43.0 Å². The number of nitrogens with two attached hydrogens (primary N) is 1. The normalized spacial score (nSPS) is 13.3. The number of nitrogens with one attached hydrogen (secondary N) is 2. The van der Waals surface area contributed by atoms with Crippen molar-refractivity contribution in [3.63, 3.8) is 0 Å². The molecule has 8 nitrogen and oxygen atoms in total. The minimum atomic E-state index is -0.219. The van der Waals surface area contributed by atoms with E-state index < -0.39 is 0 Å². The number of aromatic nitrogens is 3. The molecule has 1 fully saturated rings. The zero-order valence-corrected chi connectivity index (χ0v) is 17.0. The predicted molar refractivity (Wildman–Crippen MR) is 120 cm³/mol. The molecule has 1 amide bonds. The van der Waals surface area contributed by atoms with Crippen molar-refractivity contribution >= 4 is 23.7 Å². The van der Waals surface area contributed by atoms with Gasteiger partial charge in [0.1, 0.15) is 11.6 Å². The van der Waals surface area contributed by atoms with Crippen LogP contribution in [0.2, 0.25) is 0 Å². The first-order chi connectivity index (χ1) is 15.1. The van der Waals surface area contributed by atoms with E-state index in [1.54, 1.807) is 30.6 Å². The van der Waals surface area contributed by atoms with Crippen LogP contribution in [-0.2, 0) is 11.2 Å². The number of amides is 1. The molecule has 0 aliphatic heterocycles. The predicted octanol–water partition coefficient (Wildman–Crippen LogP) is 2.77. The summed E-state index contributed by atoms with van der Waals surface area (Å²) < 4.78 is 0. The van der Waals surface area contributed by atoms with Gasteiger partial charge in [-0.3, -0.25) is 9.78 Å². The summed E-state index contributed by atoms with van der Waals surface area (Å²) in [5.74, 6) is 0.770. The Morgan fingerprint density at radius 2 is 2.10 bits per heavy atom. The second-order valence-corrected chi connectivity index (χ2v) is 7.38. The molecular weight excluding hydrogens is 392 g/mol. The van der Waals surface area contributed by atoms with Gasteiger partial charge in [-0.1, -0.05) is 18.2 Å². The Kier molecular flexibility index (Phi) is 6.07. The largest absolute Gasteiger partial charge is 0.508 e. The van der Waals surface area contributed by atoms with E-state index in [2.05, 4.69) is 25.6 Å². The maximum Gasteiger partial charge on any atom is 0.244 e. The van der Waals surface area contributed by atoms with Gasteiger partial charge in [0.2, 0.25) is 11.9 Å². The van der Waals surface area contributed by atoms with Gasteiger partial charge in [0.15, 0.2) is 0 Å². The first kappa shape index (κ1) is 20.3. The van der Waals surface area contributed by atoms with E-state index in [9.17, 15) is 9.90 Å². The van der Waals surface area contributed by atoms with Crippen LogP contribution in [0.15, 0.2) is 54.9 Å². The molecule has 8 heteroatoms. The molecule has 0 saturated heterocycles. The molecule has 2 aromatic heterocycles. The summed E-state index contributed by atoms with van der Waals surface area (Å²) in [6.07, 6.45) is 9.19. The molecule has 1 saturated carbocycles. The van der Waals surface area contributed by atoms with Crippen molar-refractivity contribution in [2.75, 3.05) is 17.6 Å². The number of aromatic hydroxyl groups is 1. The number of nitrogens with zero attached hydrogens (tertiary/aromatic N) is 3. The van der Waals surface area contributed by atoms with Crippen LogP contribution in [0.1, 0.15) is 24.0 Å². The zero-order chi connectivity index (χ0) is 21.6. The van der Waals surface area contributed by atoms with Gasteiger partial charge in [0.05, 0.1) is 5.69 Å². The molecule has 1 aromatic carbocycles. The van der Waals surface area contributed by atoms with Crippen molar-refractivity contribution in [2.24, 2.45) is 0 Å². The van der Waals surface area contributed by atoms with E-state index in [0.717, 1.165) is 24.0 Å². The monoisotopic (exact) mass is 416 g/mol. The van der Waals surface area contributed by atoms with Crippen molar-refractivity contribution in [1.82, 2.24) is 20.3 Å². The summed E-state index contributed by atoms with van der Waals surface area (Å²) in [7, 11) is 0. The SMILES string of the molecule is Nc1nc(NC2CC2)cc(-c2cccc(O)c2CCNC(=O)/C=C/c2cccnc2)n1. The van der Waals surface area contributed by atoms with Gasteiger partial charge in [0, 0.05) is 48.2 Å². The lowest BCUT2D eigenvalue weighted by molar-refractivity contribution is -0.116. The molecule has 0 radical (unpaired) electrons. The average molecular weight is 416 g/mol. The number of carbonyl (C=O) groups excluding carboxylic acids is 1. The van der Waals surface area contributed by atoms with E-state index in [0.29, 0.717) is 36.1 Å². The fraction of sp³-hybridized carbons (Fsp3) is 0.217. The molecule has 3 aromatic rings. The average Bonchev–Trinajstić information content (AvgIpc) is 3.57. The highest BCUT2D eigenvalue weighted by Crippen LogP contribution is 2.32. The molecule has 0 unspecified atom stereocenters. The molecule has 2 heterocycles. The lowest BCUT2D eigenvalue weighted by atomic mass is 10.00. The van der Waals surface area contributed by atoms with Gasteiger partial charge in [-0.15, -0.1) is 0 Å². The van der Waals surface area contributed by atoms with Crippen LogP contribution in [0.3, 0.4) is 0 Å². The molecule has 0 spiro atoms. The molecular formula is C23H24N6O2. The fourth-order valence-corrected chi connectivity index (χ4v) is 3.21. The van der Waals surface area contributed by atoms with Crippen LogP contribution in [0.5, 0.6) is 5.75 Å². The summed E-state index contributed by atoms with van der Waals surface area (Å²) in [5, 5.41) is 16.6. The molecule has 0 bridgehead atoms. The van der Waals surface area contributed by atoms with Crippen LogP contribution < -0.4 is 16.4 Å². The fourth-order valence-electron chi connectivity index (χ4n) is 3.21. The Balaban J connectivity index is 1.45. The van der Waals surface area contributed by atoms with E-state index in [4.69, 9.17) is 5.73 Å². The summed E-state index contributed by atoms with van der Waals surface area (Å²) >= 11 is 0. The molecule has 1 aliphatic rings. The molecule has 0 atom stereocenters. The number of carbonyl (C=O) groups is 1. The maximum atomic E-state index is 12.1. The van der Waals surface area contributed by atoms with Crippen LogP contribution in [0.25, 0.3) is 17.3 Å². The second-order valence-electron chi connectivity index (χ2n) is 7.38. The summed E-state index contributed by atoms with van der Waals surface area (Å²) in [4.78, 5) is 24.7. The Labute approximate surface area is 180 Å². The van der Waals surface area contributed by atoms with Gasteiger partial charge in [-0.25, -0.2) is 4.98 Å². The molecule has 4 rings (SSSR count). The van der Waals surface area contributed by atoms with Crippen molar-refractivity contribution in [3.8, 4) is 17.0 Å². The summed E-state index contributed by atoms with van der Waals surface area (Å²) in [6.45, 7) is 0.356. The maximum absolute atomic E-state index is 12.1. The number of phenolic OH excluding ortho intramolecular Hbond substituents is 1. The van der Waals surface area contributed by atoms with Gasteiger partial charge in [0.25, 0.3) is 0 Å². The smallest absolute Gasteiger partial charge is 0.244 e. The van der Waals surface area contributed by atoms with E-state index in [-0.39, 0.29) is 17.6 Å². The number of anilines is 2. The van der Waals surface area contributed by atoms with E-state index in [1.165, 1.54) is 6.08 Å². The highest BCUT2D eigenvalue weighted by Gasteiger charge is 2.22. The first-order valence-electron chi connectivity index (χ1n) is 10.2. The molecule has 5 N–H and O–H groups in total. The van der Waals surface area contributed by atoms with Crippen molar-refractivity contribution < 1.29 is 9.90 Å². The quantitative estimate of drug-likeness (QED) is 0.416. The number of hydrogen-bond acceptors (Lipinski definition) is 7. The number of benzene rings is 1. The van der Waals surface area contributed by atoms with Crippen molar-refractivity contribution in [1.29, 1.82) is 0 Å². The standard InChI is InChI=1S/C23H24N6O2/c24-23-28-19(13-21(29-23)27-16-7-8-16)17-4-1-5-20(30)18(17)10-12-26-22(31)9-6-15-3-2-11-25-14-15/h1-6,9,11,13-14,16,30H,7-8,10,12H2,(H,26,31)(H3,24,27,28,29)/b9-6+. The lowest BCUT2D eigenvalue weighted by Gasteiger charge is -2.13. The van der Waals surface area contributed by atoms with E-state index >= 15 is 0 Å². The molecule has 31 heavy (non-hydrogen) atoms. The highest BCUT2D eigenvalue weighted by molar-refractivity contribution is 5.91. The summed E-state index contributed by atoms with van der Waals surface area (Å²) in [5.41, 5.74) is 8.83. The van der Waals surface area contributed by atoms with Crippen molar-refractivity contribution in [3.05, 3.63) is 66.0 Å². The Hall–Kier alpha value is -3.94.